The van der Waals surface area contributed by atoms with Crippen LogP contribution in [0.25, 0.3) is 11.3 Å². The van der Waals surface area contributed by atoms with Crippen LogP contribution >= 0.6 is 11.3 Å². The second-order valence-corrected chi connectivity index (χ2v) is 8.40. The number of anilines is 1. The first-order chi connectivity index (χ1) is 14.6. The lowest BCUT2D eigenvalue weighted by molar-refractivity contribution is 0.0342. The van der Waals surface area contributed by atoms with Crippen molar-refractivity contribution in [1.82, 2.24) is 9.88 Å². The molecule has 1 aliphatic rings. The molecule has 30 heavy (non-hydrogen) atoms. The molecule has 6 nitrogen and oxygen atoms in total. The first-order valence-electron chi connectivity index (χ1n) is 9.94. The number of amides is 1. The molecule has 1 fully saturated rings. The Morgan fingerprint density at radius 2 is 1.83 bits per heavy atom. The van der Waals surface area contributed by atoms with Crippen LogP contribution in [-0.2, 0) is 11.3 Å². The van der Waals surface area contributed by atoms with E-state index in [1.54, 1.807) is 7.11 Å². The predicted molar refractivity (Wildman–Crippen MR) is 119 cm³/mol. The summed E-state index contributed by atoms with van der Waals surface area (Å²) in [5.74, 6) is 0.653. The van der Waals surface area contributed by atoms with Crippen molar-refractivity contribution in [3.05, 3.63) is 64.5 Å². The first kappa shape index (κ1) is 20.5. The molecule has 1 N–H and O–H groups in total. The van der Waals surface area contributed by atoms with Crippen LogP contribution in [0.2, 0.25) is 0 Å². The van der Waals surface area contributed by atoms with Gasteiger partial charge in [0.1, 0.15) is 5.75 Å². The zero-order valence-corrected chi connectivity index (χ0v) is 18.0. The fourth-order valence-corrected chi connectivity index (χ4v) is 4.25. The average molecular weight is 424 g/mol. The number of methoxy groups -OCH3 is 1. The molecule has 0 unspecified atom stereocenters. The normalized spacial score (nSPS) is 14.5. The summed E-state index contributed by atoms with van der Waals surface area (Å²) in [6.07, 6.45) is 0. The average Bonchev–Trinajstić information content (AvgIpc) is 3.15. The van der Waals surface area contributed by atoms with Crippen LogP contribution in [0.1, 0.15) is 20.8 Å². The number of hydrogen-bond acceptors (Lipinski definition) is 6. The number of thiazole rings is 1. The number of aryl methyl sites for hydroxylation is 1. The topological polar surface area (TPSA) is 63.7 Å². The zero-order chi connectivity index (χ0) is 20.9. The molecule has 1 aromatic heterocycles. The number of rotatable bonds is 6. The molecule has 1 amide bonds. The number of nitrogens with one attached hydrogen (secondary N) is 1. The fourth-order valence-electron chi connectivity index (χ4n) is 3.41. The standard InChI is InChI=1S/C23H25N3O3S/c1-16-21(18-7-9-20(28-2)10-8-18)24-23(30-16)25-22(27)19-5-3-17(4-6-19)15-26-11-13-29-14-12-26/h3-10H,11-15H2,1-2H3,(H,24,25,27). The first-order valence-corrected chi connectivity index (χ1v) is 10.8. The molecule has 1 saturated heterocycles. The minimum absolute atomic E-state index is 0.150. The van der Waals surface area contributed by atoms with E-state index >= 15 is 0 Å². The van der Waals surface area contributed by atoms with E-state index < -0.39 is 0 Å². The Labute approximate surface area is 180 Å². The Balaban J connectivity index is 1.41. The van der Waals surface area contributed by atoms with Gasteiger partial charge in [0.25, 0.3) is 5.91 Å². The SMILES string of the molecule is COc1ccc(-c2nc(NC(=O)c3ccc(CN4CCOCC4)cc3)sc2C)cc1. The molecule has 0 bridgehead atoms. The van der Waals surface area contributed by atoms with Gasteiger partial charge in [-0.2, -0.15) is 0 Å². The largest absolute Gasteiger partial charge is 0.497 e. The van der Waals surface area contributed by atoms with Crippen molar-refractivity contribution in [1.29, 1.82) is 0 Å². The number of ether oxygens (including phenoxy) is 2. The summed E-state index contributed by atoms with van der Waals surface area (Å²) in [6.45, 7) is 6.35. The van der Waals surface area contributed by atoms with Crippen LogP contribution < -0.4 is 10.1 Å². The molecule has 0 radical (unpaired) electrons. The summed E-state index contributed by atoms with van der Waals surface area (Å²) in [7, 11) is 1.64. The van der Waals surface area contributed by atoms with Gasteiger partial charge in [0, 0.05) is 35.6 Å². The van der Waals surface area contributed by atoms with Gasteiger partial charge in [-0.15, -0.1) is 11.3 Å². The Morgan fingerprint density at radius 1 is 1.13 bits per heavy atom. The molecular formula is C23H25N3O3S. The maximum atomic E-state index is 12.7. The van der Waals surface area contributed by atoms with Crippen molar-refractivity contribution >= 4 is 22.4 Å². The molecule has 0 saturated carbocycles. The third-order valence-corrected chi connectivity index (χ3v) is 5.99. The van der Waals surface area contributed by atoms with Gasteiger partial charge >= 0.3 is 0 Å². The van der Waals surface area contributed by atoms with Crippen molar-refractivity contribution in [2.45, 2.75) is 13.5 Å². The van der Waals surface area contributed by atoms with Crippen molar-refractivity contribution in [3.8, 4) is 17.0 Å². The van der Waals surface area contributed by atoms with Crippen molar-refractivity contribution < 1.29 is 14.3 Å². The Bertz CT molecular complexity index is 994. The summed E-state index contributed by atoms with van der Waals surface area (Å²) in [5.41, 5.74) is 3.69. The van der Waals surface area contributed by atoms with Gasteiger partial charge in [-0.3, -0.25) is 15.0 Å². The van der Waals surface area contributed by atoms with Crippen molar-refractivity contribution in [3.63, 3.8) is 0 Å². The van der Waals surface area contributed by atoms with Crippen LogP contribution in [0.15, 0.2) is 48.5 Å². The van der Waals surface area contributed by atoms with E-state index in [0.717, 1.165) is 54.7 Å². The number of benzene rings is 2. The maximum absolute atomic E-state index is 12.7. The minimum Gasteiger partial charge on any atom is -0.497 e. The Kier molecular flexibility index (Phi) is 6.42. The highest BCUT2D eigenvalue weighted by atomic mass is 32.1. The minimum atomic E-state index is -0.150. The number of morpholine rings is 1. The number of carbonyl (C=O) groups excluding carboxylic acids is 1. The highest BCUT2D eigenvalue weighted by molar-refractivity contribution is 7.16. The highest BCUT2D eigenvalue weighted by Gasteiger charge is 2.14. The number of carbonyl (C=O) groups is 1. The van der Waals surface area contributed by atoms with Crippen molar-refractivity contribution in [2.75, 3.05) is 38.7 Å². The Morgan fingerprint density at radius 3 is 2.50 bits per heavy atom. The van der Waals surface area contributed by atoms with Gasteiger partial charge in [0.15, 0.2) is 5.13 Å². The lowest BCUT2D eigenvalue weighted by Gasteiger charge is -2.26. The molecule has 2 heterocycles. The van der Waals surface area contributed by atoms with E-state index in [-0.39, 0.29) is 5.91 Å². The molecule has 4 rings (SSSR count). The smallest absolute Gasteiger partial charge is 0.257 e. The van der Waals surface area contributed by atoms with E-state index in [4.69, 9.17) is 9.47 Å². The van der Waals surface area contributed by atoms with Gasteiger partial charge in [0.05, 0.1) is 26.0 Å². The molecule has 1 aliphatic heterocycles. The van der Waals surface area contributed by atoms with Gasteiger partial charge in [-0.25, -0.2) is 4.98 Å². The second-order valence-electron chi connectivity index (χ2n) is 7.19. The van der Waals surface area contributed by atoms with E-state index in [1.165, 1.54) is 16.9 Å². The van der Waals surface area contributed by atoms with Crippen LogP contribution in [0.4, 0.5) is 5.13 Å². The van der Waals surface area contributed by atoms with Crippen LogP contribution in [0, 0.1) is 6.92 Å². The lowest BCUT2D eigenvalue weighted by Crippen LogP contribution is -2.35. The molecule has 3 aromatic rings. The molecule has 156 valence electrons. The second kappa shape index (κ2) is 9.38. The summed E-state index contributed by atoms with van der Waals surface area (Å²) < 4.78 is 10.6. The van der Waals surface area contributed by atoms with Crippen LogP contribution in [0.3, 0.4) is 0 Å². The van der Waals surface area contributed by atoms with E-state index in [0.29, 0.717) is 10.7 Å². The maximum Gasteiger partial charge on any atom is 0.257 e. The number of nitrogens with zero attached hydrogens (tertiary/aromatic N) is 2. The monoisotopic (exact) mass is 423 g/mol. The molecular weight excluding hydrogens is 398 g/mol. The van der Waals surface area contributed by atoms with Gasteiger partial charge in [-0.05, 0) is 48.9 Å². The summed E-state index contributed by atoms with van der Waals surface area (Å²) >= 11 is 1.48. The van der Waals surface area contributed by atoms with Crippen molar-refractivity contribution in [2.24, 2.45) is 0 Å². The highest BCUT2D eigenvalue weighted by Crippen LogP contribution is 2.31. The Hall–Kier alpha value is -2.74. The summed E-state index contributed by atoms with van der Waals surface area (Å²) in [4.78, 5) is 20.7. The molecule has 0 atom stereocenters. The number of aromatic nitrogens is 1. The summed E-state index contributed by atoms with van der Waals surface area (Å²) in [6, 6.07) is 15.5. The van der Waals surface area contributed by atoms with Crippen LogP contribution in [0.5, 0.6) is 5.75 Å². The number of hydrogen-bond donors (Lipinski definition) is 1. The van der Waals surface area contributed by atoms with Gasteiger partial charge < -0.3 is 9.47 Å². The molecule has 0 aliphatic carbocycles. The molecule has 2 aromatic carbocycles. The van der Waals surface area contributed by atoms with E-state index in [9.17, 15) is 4.79 Å². The third kappa shape index (κ3) is 4.87. The van der Waals surface area contributed by atoms with E-state index in [2.05, 4.69) is 15.2 Å². The lowest BCUT2D eigenvalue weighted by atomic mass is 10.1. The quantitative estimate of drug-likeness (QED) is 0.643. The fraction of sp³-hybridized carbons (Fsp3) is 0.304. The molecule has 7 heteroatoms. The van der Waals surface area contributed by atoms with Crippen LogP contribution in [-0.4, -0.2) is 49.2 Å². The zero-order valence-electron chi connectivity index (χ0n) is 17.2. The predicted octanol–water partition coefficient (Wildman–Crippen LogP) is 4.21. The van der Waals surface area contributed by atoms with Gasteiger partial charge in [-0.1, -0.05) is 12.1 Å². The van der Waals surface area contributed by atoms with E-state index in [1.807, 2.05) is 55.5 Å². The molecule has 0 spiro atoms. The third-order valence-electron chi connectivity index (χ3n) is 5.11. The van der Waals surface area contributed by atoms with Gasteiger partial charge in [0.2, 0.25) is 0 Å². The summed E-state index contributed by atoms with van der Waals surface area (Å²) in [5, 5.41) is 3.53.